The van der Waals surface area contributed by atoms with Crippen molar-refractivity contribution in [2.45, 2.75) is 6.42 Å². The Kier molecular flexibility index (Phi) is 3.94. The first-order chi connectivity index (χ1) is 5.43. The van der Waals surface area contributed by atoms with Crippen LogP contribution in [0.2, 0.25) is 0 Å². The highest BCUT2D eigenvalue weighted by molar-refractivity contribution is 7.07. The number of thiophene rings is 1. The fourth-order valence-electron chi connectivity index (χ4n) is 0.792. The highest BCUT2D eigenvalue weighted by Crippen LogP contribution is 2.06. The topological polar surface area (TPSA) is 9.23 Å². The second-order valence-corrected chi connectivity index (χ2v) is 3.03. The lowest BCUT2D eigenvalue weighted by molar-refractivity contribution is 0.166. The van der Waals surface area contributed by atoms with Crippen LogP contribution in [0.3, 0.4) is 0 Å². The first kappa shape index (κ1) is 8.50. The van der Waals surface area contributed by atoms with E-state index in [4.69, 9.17) is 4.74 Å². The van der Waals surface area contributed by atoms with E-state index in [0.29, 0.717) is 6.61 Å². The van der Waals surface area contributed by atoms with E-state index < -0.39 is 0 Å². The monoisotopic (exact) mass is 168 g/mol. The van der Waals surface area contributed by atoms with E-state index in [1.54, 1.807) is 17.4 Å². The molecule has 0 aliphatic heterocycles. The van der Waals surface area contributed by atoms with Gasteiger partial charge in [-0.1, -0.05) is 6.08 Å². The Bertz CT molecular complexity index is 191. The summed E-state index contributed by atoms with van der Waals surface area (Å²) in [5.74, 6) is 0. The van der Waals surface area contributed by atoms with Gasteiger partial charge in [0.15, 0.2) is 0 Å². The number of rotatable bonds is 5. The van der Waals surface area contributed by atoms with E-state index in [2.05, 4.69) is 23.4 Å². The molecule has 2 heteroatoms. The van der Waals surface area contributed by atoms with Gasteiger partial charge in [0.25, 0.3) is 0 Å². The Hall–Kier alpha value is -0.600. The zero-order valence-electron chi connectivity index (χ0n) is 6.45. The lowest BCUT2D eigenvalue weighted by atomic mass is 10.3. The van der Waals surface area contributed by atoms with Gasteiger partial charge in [-0.2, -0.15) is 11.3 Å². The molecule has 0 aromatic carbocycles. The van der Waals surface area contributed by atoms with Gasteiger partial charge < -0.3 is 4.74 Å². The van der Waals surface area contributed by atoms with Gasteiger partial charge >= 0.3 is 0 Å². The first-order valence-electron chi connectivity index (χ1n) is 3.63. The molecule has 0 saturated carbocycles. The molecule has 1 rings (SSSR count). The maximum Gasteiger partial charge on any atom is 0.0644 e. The molecule has 60 valence electrons. The summed E-state index contributed by atoms with van der Waals surface area (Å²) < 4.78 is 5.24. The van der Waals surface area contributed by atoms with Crippen LogP contribution < -0.4 is 0 Å². The summed E-state index contributed by atoms with van der Waals surface area (Å²) in [5.41, 5.74) is 1.36. The first-order valence-corrected chi connectivity index (χ1v) is 4.57. The van der Waals surface area contributed by atoms with Crippen LogP contribution in [0.25, 0.3) is 0 Å². The highest BCUT2D eigenvalue weighted by atomic mass is 32.1. The van der Waals surface area contributed by atoms with Crippen molar-refractivity contribution in [2.75, 3.05) is 13.2 Å². The van der Waals surface area contributed by atoms with E-state index >= 15 is 0 Å². The third-order valence-corrected chi connectivity index (χ3v) is 2.08. The number of hydrogen-bond donors (Lipinski definition) is 0. The SMILES string of the molecule is C=CCOCCc1ccsc1. The van der Waals surface area contributed by atoms with Gasteiger partial charge in [-0.05, 0) is 28.8 Å². The molecule has 0 fully saturated rings. The maximum absolute atomic E-state index is 5.24. The minimum Gasteiger partial charge on any atom is -0.377 e. The molecule has 0 radical (unpaired) electrons. The predicted octanol–water partition coefficient (Wildman–Crippen LogP) is 2.49. The van der Waals surface area contributed by atoms with Crippen molar-refractivity contribution < 1.29 is 4.74 Å². The third-order valence-electron chi connectivity index (χ3n) is 1.35. The van der Waals surface area contributed by atoms with Gasteiger partial charge in [0.2, 0.25) is 0 Å². The molecule has 0 N–H and O–H groups in total. The fourth-order valence-corrected chi connectivity index (χ4v) is 1.49. The van der Waals surface area contributed by atoms with Gasteiger partial charge in [0.05, 0.1) is 13.2 Å². The maximum atomic E-state index is 5.24. The van der Waals surface area contributed by atoms with Crippen molar-refractivity contribution in [1.82, 2.24) is 0 Å². The molecule has 0 aliphatic rings. The Morgan fingerprint density at radius 1 is 1.64 bits per heavy atom. The zero-order chi connectivity index (χ0) is 7.94. The van der Waals surface area contributed by atoms with Crippen molar-refractivity contribution in [2.24, 2.45) is 0 Å². The number of hydrogen-bond acceptors (Lipinski definition) is 2. The van der Waals surface area contributed by atoms with Crippen molar-refractivity contribution in [3.8, 4) is 0 Å². The van der Waals surface area contributed by atoms with Crippen LogP contribution in [0.5, 0.6) is 0 Å². The molecule has 0 aliphatic carbocycles. The molecule has 0 unspecified atom stereocenters. The van der Waals surface area contributed by atoms with Crippen LogP contribution in [0.4, 0.5) is 0 Å². The summed E-state index contributed by atoms with van der Waals surface area (Å²) in [4.78, 5) is 0. The normalized spacial score (nSPS) is 9.82. The minimum absolute atomic E-state index is 0.657. The van der Waals surface area contributed by atoms with Gasteiger partial charge in [-0.25, -0.2) is 0 Å². The molecular weight excluding hydrogens is 156 g/mol. The van der Waals surface area contributed by atoms with Crippen molar-refractivity contribution in [3.63, 3.8) is 0 Å². The van der Waals surface area contributed by atoms with Crippen LogP contribution in [-0.2, 0) is 11.2 Å². The van der Waals surface area contributed by atoms with Gasteiger partial charge in [-0.15, -0.1) is 6.58 Å². The number of ether oxygens (including phenoxy) is 1. The van der Waals surface area contributed by atoms with Gasteiger partial charge in [-0.3, -0.25) is 0 Å². The third kappa shape index (κ3) is 3.35. The standard InChI is InChI=1S/C9H12OS/c1-2-5-10-6-3-9-4-7-11-8-9/h2,4,7-8H,1,3,5-6H2. The molecule has 1 nitrogen and oxygen atoms in total. The molecule has 0 saturated heterocycles. The predicted molar refractivity (Wildman–Crippen MR) is 49.0 cm³/mol. The van der Waals surface area contributed by atoms with Gasteiger partial charge in [0.1, 0.15) is 0 Å². The van der Waals surface area contributed by atoms with Crippen LogP contribution >= 0.6 is 11.3 Å². The summed E-state index contributed by atoms with van der Waals surface area (Å²) in [7, 11) is 0. The van der Waals surface area contributed by atoms with E-state index in [1.165, 1.54) is 5.56 Å². The molecule has 11 heavy (non-hydrogen) atoms. The summed E-state index contributed by atoms with van der Waals surface area (Å²) in [6.07, 6.45) is 2.78. The summed E-state index contributed by atoms with van der Waals surface area (Å²) in [6.45, 7) is 5.02. The molecule has 1 aromatic rings. The Morgan fingerprint density at radius 3 is 3.18 bits per heavy atom. The van der Waals surface area contributed by atoms with Crippen LogP contribution in [0.1, 0.15) is 5.56 Å². The highest BCUT2D eigenvalue weighted by Gasteiger charge is 1.91. The molecule has 0 spiro atoms. The molecular formula is C9H12OS. The quantitative estimate of drug-likeness (QED) is 0.485. The van der Waals surface area contributed by atoms with Crippen molar-refractivity contribution in [3.05, 3.63) is 35.0 Å². The Labute approximate surface area is 71.3 Å². The molecule has 1 aromatic heterocycles. The van der Waals surface area contributed by atoms with E-state index in [0.717, 1.165) is 13.0 Å². The van der Waals surface area contributed by atoms with E-state index in [1.807, 2.05) is 0 Å². The van der Waals surface area contributed by atoms with E-state index in [9.17, 15) is 0 Å². The lowest BCUT2D eigenvalue weighted by Gasteiger charge is -1.97. The second-order valence-electron chi connectivity index (χ2n) is 2.25. The van der Waals surface area contributed by atoms with E-state index in [-0.39, 0.29) is 0 Å². The average Bonchev–Trinajstić information content (AvgIpc) is 2.50. The lowest BCUT2D eigenvalue weighted by Crippen LogP contribution is -1.96. The smallest absolute Gasteiger partial charge is 0.0644 e. The van der Waals surface area contributed by atoms with Crippen LogP contribution in [0, 0.1) is 0 Å². The molecule has 0 amide bonds. The minimum atomic E-state index is 0.657. The van der Waals surface area contributed by atoms with Gasteiger partial charge in [0, 0.05) is 0 Å². The van der Waals surface area contributed by atoms with Crippen molar-refractivity contribution >= 4 is 11.3 Å². The summed E-state index contributed by atoms with van der Waals surface area (Å²) in [5, 5.41) is 4.24. The molecule has 0 bridgehead atoms. The Morgan fingerprint density at radius 2 is 2.55 bits per heavy atom. The Balaban J connectivity index is 2.09. The van der Waals surface area contributed by atoms with Crippen LogP contribution in [0.15, 0.2) is 29.5 Å². The van der Waals surface area contributed by atoms with Crippen molar-refractivity contribution in [1.29, 1.82) is 0 Å². The van der Waals surface area contributed by atoms with Crippen LogP contribution in [-0.4, -0.2) is 13.2 Å². The fraction of sp³-hybridized carbons (Fsp3) is 0.333. The summed E-state index contributed by atoms with van der Waals surface area (Å²) >= 11 is 1.73. The summed E-state index contributed by atoms with van der Waals surface area (Å²) in [6, 6.07) is 2.13. The molecule has 0 atom stereocenters. The molecule has 1 heterocycles. The second kappa shape index (κ2) is 5.10. The zero-order valence-corrected chi connectivity index (χ0v) is 7.27. The largest absolute Gasteiger partial charge is 0.377 e. The average molecular weight is 168 g/mol.